The highest BCUT2D eigenvalue weighted by Gasteiger charge is 2.46. The van der Waals surface area contributed by atoms with Crippen molar-refractivity contribution >= 4 is 11.6 Å². The molecule has 5 rings (SSSR count). The van der Waals surface area contributed by atoms with Crippen molar-refractivity contribution in [2.75, 3.05) is 24.5 Å². The lowest BCUT2D eigenvalue weighted by Crippen LogP contribution is -2.45. The maximum atomic E-state index is 13.8. The van der Waals surface area contributed by atoms with E-state index in [-0.39, 0.29) is 16.9 Å². The van der Waals surface area contributed by atoms with Crippen LogP contribution >= 0.6 is 0 Å². The Hall–Kier alpha value is -3.19. The molecule has 1 amide bonds. The monoisotopic (exact) mass is 468 g/mol. The molecule has 0 radical (unpaired) electrons. The van der Waals surface area contributed by atoms with Gasteiger partial charge in [-0.2, -0.15) is 0 Å². The van der Waals surface area contributed by atoms with Gasteiger partial charge in [0.1, 0.15) is 11.6 Å². The molecule has 0 N–H and O–H groups in total. The van der Waals surface area contributed by atoms with E-state index in [4.69, 9.17) is 0 Å². The van der Waals surface area contributed by atoms with Crippen LogP contribution in [-0.2, 0) is 12.0 Å². The van der Waals surface area contributed by atoms with Gasteiger partial charge in [-0.05, 0) is 80.4 Å². The number of carbonyl (C=O) groups is 1. The van der Waals surface area contributed by atoms with E-state index in [0.29, 0.717) is 31.7 Å². The highest BCUT2D eigenvalue weighted by molar-refractivity contribution is 6.07. The zero-order valence-electron chi connectivity index (χ0n) is 18.8. The lowest BCUT2D eigenvalue weighted by Gasteiger charge is -2.40. The van der Waals surface area contributed by atoms with Crippen molar-refractivity contribution < 1.29 is 22.4 Å². The first-order valence-corrected chi connectivity index (χ1v) is 11.3. The van der Waals surface area contributed by atoms with Crippen LogP contribution in [0.25, 0.3) is 0 Å². The van der Waals surface area contributed by atoms with Gasteiger partial charge < -0.3 is 4.90 Å². The second-order valence-corrected chi connectivity index (χ2v) is 9.37. The summed E-state index contributed by atoms with van der Waals surface area (Å²) in [7, 11) is 0. The molecular formula is C27H24F4N2O. The van der Waals surface area contributed by atoms with E-state index in [0.717, 1.165) is 47.9 Å². The number of hydrogen-bond acceptors (Lipinski definition) is 2. The van der Waals surface area contributed by atoms with Crippen LogP contribution in [0.5, 0.6) is 0 Å². The van der Waals surface area contributed by atoms with Crippen LogP contribution in [-0.4, -0.2) is 30.4 Å². The Labute approximate surface area is 195 Å². The molecule has 0 saturated carbocycles. The standard InChI is InChI=1S/C27H24F4N2O/c1-17-2-5-25-22(10-17)27(16-33(25)26(34)19-3-4-23(30)24(31)13-19)6-8-32(9-7-27)15-18-11-20(28)14-21(29)12-18/h2-5,10-14H,6-9,15-16H2,1H3. The average Bonchev–Trinajstić information content (AvgIpc) is 3.09. The number of likely N-dealkylation sites (tertiary alicyclic amines) is 1. The number of fused-ring (bicyclic) bond motifs is 2. The van der Waals surface area contributed by atoms with Crippen LogP contribution in [0.4, 0.5) is 23.2 Å². The third-order valence-corrected chi connectivity index (χ3v) is 7.03. The molecular weight excluding hydrogens is 444 g/mol. The summed E-state index contributed by atoms with van der Waals surface area (Å²) in [4.78, 5) is 17.1. The minimum atomic E-state index is -1.05. The number of piperidine rings is 1. The highest BCUT2D eigenvalue weighted by Crippen LogP contribution is 2.48. The first-order chi connectivity index (χ1) is 16.2. The van der Waals surface area contributed by atoms with Crippen molar-refractivity contribution in [1.29, 1.82) is 0 Å². The number of halogens is 4. The quantitative estimate of drug-likeness (QED) is 0.458. The summed E-state index contributed by atoms with van der Waals surface area (Å²) in [5.74, 6) is -3.58. The molecule has 7 heteroatoms. The van der Waals surface area contributed by atoms with Gasteiger partial charge in [-0.3, -0.25) is 9.69 Å². The van der Waals surface area contributed by atoms with Gasteiger partial charge in [-0.1, -0.05) is 17.7 Å². The summed E-state index contributed by atoms with van der Waals surface area (Å²) in [5, 5.41) is 0. The summed E-state index contributed by atoms with van der Waals surface area (Å²) in [6.45, 7) is 4.31. The third kappa shape index (κ3) is 4.09. The third-order valence-electron chi connectivity index (χ3n) is 7.03. The number of amides is 1. The van der Waals surface area contributed by atoms with E-state index in [1.165, 1.54) is 18.2 Å². The van der Waals surface area contributed by atoms with E-state index in [1.807, 2.05) is 19.1 Å². The number of rotatable bonds is 3. The molecule has 3 nitrogen and oxygen atoms in total. The fourth-order valence-corrected chi connectivity index (χ4v) is 5.28. The van der Waals surface area contributed by atoms with E-state index < -0.39 is 23.3 Å². The average molecular weight is 468 g/mol. The molecule has 3 aromatic carbocycles. The topological polar surface area (TPSA) is 23.6 Å². The van der Waals surface area contributed by atoms with Crippen molar-refractivity contribution in [2.24, 2.45) is 0 Å². The SMILES string of the molecule is Cc1ccc2c(c1)C1(CCN(Cc3cc(F)cc(F)c3)CC1)CN2C(=O)c1ccc(F)c(F)c1. The first kappa shape index (κ1) is 22.6. The van der Waals surface area contributed by atoms with Crippen molar-refractivity contribution in [1.82, 2.24) is 4.90 Å². The lowest BCUT2D eigenvalue weighted by molar-refractivity contribution is 0.0975. The fraction of sp³-hybridized carbons (Fsp3) is 0.296. The van der Waals surface area contributed by atoms with Gasteiger partial charge in [0, 0.05) is 35.8 Å². The lowest BCUT2D eigenvalue weighted by atomic mass is 9.74. The Bertz CT molecular complexity index is 1250. The smallest absolute Gasteiger partial charge is 0.258 e. The van der Waals surface area contributed by atoms with Crippen molar-refractivity contribution in [3.8, 4) is 0 Å². The second kappa shape index (κ2) is 8.55. The van der Waals surface area contributed by atoms with Crippen molar-refractivity contribution in [3.05, 3.63) is 100 Å². The predicted octanol–water partition coefficient (Wildman–Crippen LogP) is 5.75. The molecule has 176 valence electrons. The molecule has 34 heavy (non-hydrogen) atoms. The Morgan fingerprint density at radius 3 is 2.26 bits per heavy atom. The second-order valence-electron chi connectivity index (χ2n) is 9.37. The first-order valence-electron chi connectivity index (χ1n) is 11.3. The normalized spacial score (nSPS) is 17.3. The van der Waals surface area contributed by atoms with Crippen LogP contribution in [0.3, 0.4) is 0 Å². The van der Waals surface area contributed by atoms with Gasteiger partial charge in [0.2, 0.25) is 0 Å². The van der Waals surface area contributed by atoms with E-state index >= 15 is 0 Å². The number of hydrogen-bond donors (Lipinski definition) is 0. The van der Waals surface area contributed by atoms with Crippen molar-refractivity contribution in [3.63, 3.8) is 0 Å². The molecule has 0 atom stereocenters. The molecule has 1 fully saturated rings. The molecule has 2 aliphatic heterocycles. The molecule has 0 aromatic heterocycles. The van der Waals surface area contributed by atoms with Crippen LogP contribution in [0, 0.1) is 30.2 Å². The van der Waals surface area contributed by atoms with Crippen LogP contribution in [0.15, 0.2) is 54.6 Å². The summed E-state index contributed by atoms with van der Waals surface area (Å²) >= 11 is 0. The maximum absolute atomic E-state index is 13.8. The maximum Gasteiger partial charge on any atom is 0.258 e. The Morgan fingerprint density at radius 2 is 1.59 bits per heavy atom. The molecule has 2 aliphatic rings. The van der Waals surface area contributed by atoms with Crippen molar-refractivity contribution in [2.45, 2.75) is 31.7 Å². The Morgan fingerprint density at radius 1 is 0.882 bits per heavy atom. The zero-order chi connectivity index (χ0) is 24.0. The van der Waals surface area contributed by atoms with Gasteiger partial charge in [-0.25, -0.2) is 17.6 Å². The number of benzene rings is 3. The minimum Gasteiger partial charge on any atom is -0.307 e. The molecule has 2 heterocycles. The summed E-state index contributed by atoms with van der Waals surface area (Å²) < 4.78 is 54.4. The zero-order valence-corrected chi connectivity index (χ0v) is 18.8. The Balaban J connectivity index is 1.39. The van der Waals surface area contributed by atoms with E-state index in [2.05, 4.69) is 11.0 Å². The molecule has 1 spiro atoms. The summed E-state index contributed by atoms with van der Waals surface area (Å²) in [6.07, 6.45) is 1.53. The van der Waals surface area contributed by atoms with Gasteiger partial charge in [-0.15, -0.1) is 0 Å². The van der Waals surface area contributed by atoms with Gasteiger partial charge in [0.05, 0.1) is 0 Å². The Kier molecular flexibility index (Phi) is 5.68. The fourth-order valence-electron chi connectivity index (χ4n) is 5.28. The number of nitrogens with zero attached hydrogens (tertiary/aromatic N) is 2. The van der Waals surface area contributed by atoms with Crippen LogP contribution < -0.4 is 4.90 Å². The van der Waals surface area contributed by atoms with Gasteiger partial charge in [0.15, 0.2) is 11.6 Å². The van der Waals surface area contributed by atoms with Crippen LogP contribution in [0.2, 0.25) is 0 Å². The minimum absolute atomic E-state index is 0.105. The van der Waals surface area contributed by atoms with E-state index in [9.17, 15) is 22.4 Å². The van der Waals surface area contributed by atoms with Crippen LogP contribution in [0.1, 0.15) is 39.9 Å². The number of anilines is 1. The van der Waals surface area contributed by atoms with Gasteiger partial charge in [0.25, 0.3) is 5.91 Å². The van der Waals surface area contributed by atoms with E-state index in [1.54, 1.807) is 4.90 Å². The molecule has 0 bridgehead atoms. The summed E-state index contributed by atoms with van der Waals surface area (Å²) in [6, 6.07) is 12.7. The largest absolute Gasteiger partial charge is 0.307 e. The molecule has 0 aliphatic carbocycles. The number of carbonyl (C=O) groups excluding carboxylic acids is 1. The molecule has 1 saturated heterocycles. The molecule has 0 unspecified atom stereocenters. The highest BCUT2D eigenvalue weighted by atomic mass is 19.2. The molecule has 3 aromatic rings. The summed E-state index contributed by atoms with van der Waals surface area (Å²) in [5.41, 5.74) is 3.39. The number of aryl methyl sites for hydroxylation is 1. The predicted molar refractivity (Wildman–Crippen MR) is 122 cm³/mol. The van der Waals surface area contributed by atoms with Gasteiger partial charge >= 0.3 is 0 Å².